The van der Waals surface area contributed by atoms with Crippen molar-refractivity contribution in [1.29, 1.82) is 0 Å². The standard InChI is InChI=1S/C20H31NO/c1-3-5-7-12-16-20(17-13-8-6-4-2)21(22)18-19-14-10-9-11-15-19/h9-11,14-15,20,22H,3-8,12,16,18H2,1-2H3. The highest BCUT2D eigenvalue weighted by Gasteiger charge is 2.14. The van der Waals surface area contributed by atoms with Gasteiger partial charge in [-0.25, -0.2) is 0 Å². The number of hydrogen-bond donors (Lipinski definition) is 1. The Labute approximate surface area is 136 Å². The molecule has 0 fully saturated rings. The lowest BCUT2D eigenvalue weighted by atomic mass is 10.1. The molecular formula is C20H31NO. The van der Waals surface area contributed by atoms with E-state index in [9.17, 15) is 5.21 Å². The Hall–Kier alpha value is -1.30. The molecule has 122 valence electrons. The summed E-state index contributed by atoms with van der Waals surface area (Å²) in [6, 6.07) is 10.1. The zero-order chi connectivity index (χ0) is 16.0. The first-order chi connectivity index (χ1) is 10.8. The predicted molar refractivity (Wildman–Crippen MR) is 93.6 cm³/mol. The second-order valence-corrected chi connectivity index (χ2v) is 5.87. The summed E-state index contributed by atoms with van der Waals surface area (Å²) in [6.45, 7) is 4.94. The van der Waals surface area contributed by atoms with Crippen molar-refractivity contribution in [2.75, 3.05) is 0 Å². The highest BCUT2D eigenvalue weighted by Crippen LogP contribution is 2.12. The summed E-state index contributed by atoms with van der Waals surface area (Å²) in [5.74, 6) is 6.52. The van der Waals surface area contributed by atoms with E-state index in [1.807, 2.05) is 30.3 Å². The van der Waals surface area contributed by atoms with E-state index in [-0.39, 0.29) is 6.04 Å². The third-order valence-electron chi connectivity index (χ3n) is 3.80. The largest absolute Gasteiger partial charge is 0.312 e. The molecule has 22 heavy (non-hydrogen) atoms. The van der Waals surface area contributed by atoms with Crippen LogP contribution in [0.4, 0.5) is 0 Å². The molecule has 0 aliphatic carbocycles. The number of hydrogen-bond acceptors (Lipinski definition) is 2. The van der Waals surface area contributed by atoms with E-state index in [1.54, 1.807) is 0 Å². The average Bonchev–Trinajstić information content (AvgIpc) is 2.54. The van der Waals surface area contributed by atoms with Gasteiger partial charge >= 0.3 is 0 Å². The van der Waals surface area contributed by atoms with Crippen LogP contribution >= 0.6 is 0 Å². The molecular weight excluding hydrogens is 270 g/mol. The number of hydroxylamine groups is 2. The Kier molecular flexibility index (Phi) is 10.5. The molecule has 1 unspecified atom stereocenters. The number of unbranched alkanes of at least 4 members (excludes halogenated alkanes) is 5. The van der Waals surface area contributed by atoms with Gasteiger partial charge in [-0.2, -0.15) is 5.06 Å². The van der Waals surface area contributed by atoms with Crippen molar-refractivity contribution in [3.8, 4) is 11.8 Å². The molecule has 0 saturated heterocycles. The van der Waals surface area contributed by atoms with Crippen LogP contribution in [-0.4, -0.2) is 16.3 Å². The minimum absolute atomic E-state index is 0.0473. The molecule has 1 aromatic carbocycles. The molecule has 0 amide bonds. The van der Waals surface area contributed by atoms with E-state index in [4.69, 9.17) is 0 Å². The average molecular weight is 301 g/mol. The van der Waals surface area contributed by atoms with Crippen LogP contribution in [0.3, 0.4) is 0 Å². The Bertz CT molecular complexity index is 432. The molecule has 0 bridgehead atoms. The molecule has 0 heterocycles. The zero-order valence-electron chi connectivity index (χ0n) is 14.2. The highest BCUT2D eigenvalue weighted by atomic mass is 16.5. The quantitative estimate of drug-likeness (QED) is 0.355. The van der Waals surface area contributed by atoms with Crippen LogP contribution in [0.15, 0.2) is 30.3 Å². The molecule has 0 radical (unpaired) electrons. The van der Waals surface area contributed by atoms with Crippen molar-refractivity contribution in [1.82, 2.24) is 5.06 Å². The third kappa shape index (κ3) is 8.22. The Morgan fingerprint density at radius 3 is 2.41 bits per heavy atom. The van der Waals surface area contributed by atoms with Gasteiger partial charge < -0.3 is 5.21 Å². The van der Waals surface area contributed by atoms with Crippen LogP contribution in [0.25, 0.3) is 0 Å². The summed E-state index contributed by atoms with van der Waals surface area (Å²) >= 11 is 0. The zero-order valence-corrected chi connectivity index (χ0v) is 14.2. The summed E-state index contributed by atoms with van der Waals surface area (Å²) in [4.78, 5) is 0. The first kappa shape index (κ1) is 18.7. The first-order valence-electron chi connectivity index (χ1n) is 8.75. The molecule has 1 aromatic rings. The maximum Gasteiger partial charge on any atom is 0.0960 e. The third-order valence-corrected chi connectivity index (χ3v) is 3.80. The van der Waals surface area contributed by atoms with Crippen LogP contribution in [0.1, 0.15) is 70.8 Å². The van der Waals surface area contributed by atoms with E-state index >= 15 is 0 Å². The van der Waals surface area contributed by atoms with E-state index in [0.717, 1.165) is 31.2 Å². The van der Waals surface area contributed by atoms with Gasteiger partial charge in [0.2, 0.25) is 0 Å². The second kappa shape index (κ2) is 12.3. The van der Waals surface area contributed by atoms with Crippen molar-refractivity contribution >= 4 is 0 Å². The van der Waals surface area contributed by atoms with Crippen molar-refractivity contribution < 1.29 is 5.21 Å². The molecule has 1 atom stereocenters. The van der Waals surface area contributed by atoms with Gasteiger partial charge in [-0.15, -0.1) is 5.92 Å². The minimum Gasteiger partial charge on any atom is -0.312 e. The van der Waals surface area contributed by atoms with Crippen molar-refractivity contribution in [2.45, 2.75) is 77.8 Å². The predicted octanol–water partition coefficient (Wildman–Crippen LogP) is 5.41. The van der Waals surface area contributed by atoms with Crippen LogP contribution in [0, 0.1) is 11.8 Å². The van der Waals surface area contributed by atoms with Crippen molar-refractivity contribution in [3.05, 3.63) is 35.9 Å². The van der Waals surface area contributed by atoms with Gasteiger partial charge in [0.25, 0.3) is 0 Å². The fraction of sp³-hybridized carbons (Fsp3) is 0.600. The van der Waals surface area contributed by atoms with Gasteiger partial charge in [-0.3, -0.25) is 0 Å². The summed E-state index contributed by atoms with van der Waals surface area (Å²) in [5, 5.41) is 11.8. The van der Waals surface area contributed by atoms with Crippen LogP contribution in [-0.2, 0) is 6.54 Å². The van der Waals surface area contributed by atoms with E-state index in [0.29, 0.717) is 6.54 Å². The minimum atomic E-state index is -0.0473. The summed E-state index contributed by atoms with van der Waals surface area (Å²) in [7, 11) is 0. The van der Waals surface area contributed by atoms with Crippen LogP contribution < -0.4 is 0 Å². The molecule has 2 heteroatoms. The Morgan fingerprint density at radius 2 is 1.73 bits per heavy atom. The molecule has 0 aliphatic heterocycles. The Balaban J connectivity index is 2.55. The van der Waals surface area contributed by atoms with Crippen molar-refractivity contribution in [2.24, 2.45) is 0 Å². The van der Waals surface area contributed by atoms with Gasteiger partial charge in [0.15, 0.2) is 0 Å². The normalized spacial score (nSPS) is 12.0. The van der Waals surface area contributed by atoms with Gasteiger partial charge in [0, 0.05) is 6.42 Å². The monoisotopic (exact) mass is 301 g/mol. The van der Waals surface area contributed by atoms with E-state index in [1.165, 1.54) is 30.7 Å². The van der Waals surface area contributed by atoms with Gasteiger partial charge in [-0.05, 0) is 18.4 Å². The Morgan fingerprint density at radius 1 is 1.00 bits per heavy atom. The lowest BCUT2D eigenvalue weighted by molar-refractivity contribution is -0.121. The first-order valence-corrected chi connectivity index (χ1v) is 8.75. The van der Waals surface area contributed by atoms with Gasteiger partial charge in [-0.1, -0.05) is 82.2 Å². The van der Waals surface area contributed by atoms with Crippen molar-refractivity contribution in [3.63, 3.8) is 0 Å². The van der Waals surface area contributed by atoms with E-state index in [2.05, 4.69) is 25.7 Å². The number of benzene rings is 1. The summed E-state index contributed by atoms with van der Waals surface area (Å²) < 4.78 is 0. The maximum atomic E-state index is 10.4. The fourth-order valence-electron chi connectivity index (χ4n) is 2.40. The maximum absolute atomic E-state index is 10.4. The van der Waals surface area contributed by atoms with Gasteiger partial charge in [0.05, 0.1) is 12.6 Å². The molecule has 1 N–H and O–H groups in total. The number of rotatable bonds is 10. The molecule has 0 aliphatic rings. The molecule has 0 aromatic heterocycles. The van der Waals surface area contributed by atoms with Crippen LogP contribution in [0.5, 0.6) is 0 Å². The lowest BCUT2D eigenvalue weighted by Gasteiger charge is -2.22. The summed E-state index contributed by atoms with van der Waals surface area (Å²) in [6.07, 6.45) is 9.04. The molecule has 0 spiro atoms. The molecule has 1 rings (SSSR count). The smallest absolute Gasteiger partial charge is 0.0960 e. The highest BCUT2D eigenvalue weighted by molar-refractivity contribution is 5.15. The molecule has 0 saturated carbocycles. The van der Waals surface area contributed by atoms with Crippen LogP contribution in [0.2, 0.25) is 0 Å². The van der Waals surface area contributed by atoms with E-state index < -0.39 is 0 Å². The summed E-state index contributed by atoms with van der Waals surface area (Å²) in [5.41, 5.74) is 1.12. The SMILES string of the molecule is CCCCC#CC(CCCCCC)N(O)Cc1ccccc1. The topological polar surface area (TPSA) is 23.5 Å². The fourth-order valence-corrected chi connectivity index (χ4v) is 2.40. The number of nitrogens with zero attached hydrogens (tertiary/aromatic N) is 1. The second-order valence-electron chi connectivity index (χ2n) is 5.87. The van der Waals surface area contributed by atoms with Gasteiger partial charge in [0.1, 0.15) is 0 Å². The molecule has 2 nitrogen and oxygen atoms in total. The lowest BCUT2D eigenvalue weighted by Crippen LogP contribution is -2.30.